The maximum atomic E-state index is 13.3. The first-order valence-corrected chi connectivity index (χ1v) is 8.08. The van der Waals surface area contributed by atoms with Crippen LogP contribution in [0, 0.1) is 11.6 Å². The zero-order valence-corrected chi connectivity index (χ0v) is 14.0. The van der Waals surface area contributed by atoms with E-state index in [2.05, 4.69) is 10.1 Å². The van der Waals surface area contributed by atoms with Crippen LogP contribution < -0.4 is 5.73 Å². The Labute approximate surface area is 153 Å². The minimum absolute atomic E-state index is 0.272. The van der Waals surface area contributed by atoms with Crippen molar-refractivity contribution in [2.75, 3.05) is 5.73 Å². The fourth-order valence-corrected chi connectivity index (χ4v) is 2.99. The monoisotopic (exact) mass is 364 g/mol. The van der Waals surface area contributed by atoms with Crippen molar-refractivity contribution in [3.05, 3.63) is 89.6 Å². The van der Waals surface area contributed by atoms with Crippen LogP contribution >= 0.6 is 0 Å². The third-order valence-corrected chi connectivity index (χ3v) is 4.25. The van der Waals surface area contributed by atoms with Gasteiger partial charge in [-0.3, -0.25) is 4.40 Å². The molecule has 7 heteroatoms. The van der Waals surface area contributed by atoms with Crippen molar-refractivity contribution in [3.8, 4) is 11.3 Å². The van der Waals surface area contributed by atoms with Gasteiger partial charge in [-0.2, -0.15) is 0 Å². The molecule has 2 aromatic carbocycles. The van der Waals surface area contributed by atoms with Crippen molar-refractivity contribution in [2.24, 2.45) is 5.16 Å². The van der Waals surface area contributed by atoms with Gasteiger partial charge >= 0.3 is 0 Å². The molecular formula is C20H14F2N4O. The highest BCUT2D eigenvalue weighted by molar-refractivity contribution is 6.12. The molecule has 0 saturated carbocycles. The molecule has 27 heavy (non-hydrogen) atoms. The highest BCUT2D eigenvalue weighted by atomic mass is 19.1. The minimum atomic E-state index is -0.382. The van der Waals surface area contributed by atoms with Crippen molar-refractivity contribution in [3.63, 3.8) is 0 Å². The first-order chi connectivity index (χ1) is 13.1. The van der Waals surface area contributed by atoms with E-state index in [0.717, 1.165) is 0 Å². The van der Waals surface area contributed by atoms with Crippen LogP contribution in [-0.4, -0.2) is 20.3 Å². The standard InChI is InChI=1S/C20H14F2N4O/c21-15-6-1-12(2-7-15)18(25-27)14-5-10-17-24-20(23)19(26(17)11-14)13-3-8-16(22)9-4-13/h1-11,27H,23H2. The molecule has 4 aromatic rings. The van der Waals surface area contributed by atoms with E-state index in [1.807, 2.05) is 0 Å². The predicted octanol–water partition coefficient (Wildman–Crippen LogP) is 4.09. The van der Waals surface area contributed by atoms with Crippen LogP contribution in [0.1, 0.15) is 11.1 Å². The van der Waals surface area contributed by atoms with Crippen LogP contribution in [-0.2, 0) is 0 Å². The first kappa shape index (κ1) is 16.7. The van der Waals surface area contributed by atoms with Crippen LogP contribution in [0.5, 0.6) is 0 Å². The number of anilines is 1. The Bertz CT molecular complexity index is 1150. The van der Waals surface area contributed by atoms with Gasteiger partial charge in [0.05, 0.1) is 5.69 Å². The molecule has 0 aliphatic heterocycles. The number of nitrogens with zero attached hydrogens (tertiary/aromatic N) is 3. The van der Waals surface area contributed by atoms with E-state index in [-0.39, 0.29) is 17.3 Å². The summed E-state index contributed by atoms with van der Waals surface area (Å²) in [6, 6.07) is 15.0. The Hall–Kier alpha value is -3.74. The molecule has 0 atom stereocenters. The summed E-state index contributed by atoms with van der Waals surface area (Å²) in [7, 11) is 0. The van der Waals surface area contributed by atoms with Crippen LogP contribution in [0.15, 0.2) is 72.0 Å². The van der Waals surface area contributed by atoms with Crippen molar-refractivity contribution in [2.45, 2.75) is 0 Å². The molecule has 0 aliphatic carbocycles. The lowest BCUT2D eigenvalue weighted by molar-refractivity contribution is 0.319. The second kappa shape index (κ2) is 6.53. The van der Waals surface area contributed by atoms with E-state index in [0.29, 0.717) is 33.8 Å². The highest BCUT2D eigenvalue weighted by Crippen LogP contribution is 2.28. The number of nitrogen functional groups attached to an aromatic ring is 1. The second-order valence-electron chi connectivity index (χ2n) is 5.95. The molecule has 134 valence electrons. The van der Waals surface area contributed by atoms with E-state index in [4.69, 9.17) is 5.73 Å². The lowest BCUT2D eigenvalue weighted by atomic mass is 10.0. The maximum absolute atomic E-state index is 13.3. The van der Waals surface area contributed by atoms with Gasteiger partial charge in [0, 0.05) is 22.9 Å². The number of rotatable bonds is 3. The number of fused-ring (bicyclic) bond motifs is 1. The number of hydrogen-bond acceptors (Lipinski definition) is 4. The molecule has 0 fully saturated rings. The number of oxime groups is 1. The molecule has 2 heterocycles. The zero-order valence-electron chi connectivity index (χ0n) is 14.0. The number of benzene rings is 2. The SMILES string of the molecule is Nc1nc2ccc(C(=NO)c3ccc(F)cc3)cn2c1-c1ccc(F)cc1. The largest absolute Gasteiger partial charge is 0.410 e. The van der Waals surface area contributed by atoms with Gasteiger partial charge in [0.1, 0.15) is 23.0 Å². The molecule has 5 nitrogen and oxygen atoms in total. The number of nitrogens with two attached hydrogens (primary N) is 1. The summed E-state index contributed by atoms with van der Waals surface area (Å²) in [4.78, 5) is 4.32. The van der Waals surface area contributed by atoms with Gasteiger partial charge in [0.25, 0.3) is 0 Å². The maximum Gasteiger partial charge on any atom is 0.150 e. The van der Waals surface area contributed by atoms with Crippen molar-refractivity contribution < 1.29 is 14.0 Å². The minimum Gasteiger partial charge on any atom is -0.410 e. The lowest BCUT2D eigenvalue weighted by Gasteiger charge is -2.08. The van der Waals surface area contributed by atoms with Gasteiger partial charge in [0.15, 0.2) is 5.82 Å². The van der Waals surface area contributed by atoms with Crippen molar-refractivity contribution >= 4 is 17.2 Å². The number of pyridine rings is 1. The third kappa shape index (κ3) is 2.99. The summed E-state index contributed by atoms with van der Waals surface area (Å²) in [6.45, 7) is 0. The quantitative estimate of drug-likeness (QED) is 0.327. The summed E-state index contributed by atoms with van der Waals surface area (Å²) in [5, 5.41) is 12.9. The topological polar surface area (TPSA) is 75.9 Å². The van der Waals surface area contributed by atoms with E-state index in [1.165, 1.54) is 36.4 Å². The van der Waals surface area contributed by atoms with Gasteiger partial charge < -0.3 is 10.9 Å². The van der Waals surface area contributed by atoms with Crippen LogP contribution in [0.3, 0.4) is 0 Å². The van der Waals surface area contributed by atoms with E-state index < -0.39 is 0 Å². The second-order valence-corrected chi connectivity index (χ2v) is 5.95. The molecule has 0 amide bonds. The highest BCUT2D eigenvalue weighted by Gasteiger charge is 2.15. The normalized spacial score (nSPS) is 11.9. The fourth-order valence-electron chi connectivity index (χ4n) is 2.99. The number of halogens is 2. The summed E-state index contributed by atoms with van der Waals surface area (Å²) < 4.78 is 28.2. The average molecular weight is 364 g/mol. The van der Waals surface area contributed by atoms with E-state index >= 15 is 0 Å². The third-order valence-electron chi connectivity index (χ3n) is 4.25. The van der Waals surface area contributed by atoms with E-state index in [9.17, 15) is 14.0 Å². The molecule has 2 aromatic heterocycles. The molecule has 0 unspecified atom stereocenters. The van der Waals surface area contributed by atoms with Crippen molar-refractivity contribution in [1.82, 2.24) is 9.38 Å². The number of hydrogen-bond donors (Lipinski definition) is 2. The zero-order chi connectivity index (χ0) is 19.0. The Morgan fingerprint density at radius 2 is 1.48 bits per heavy atom. The molecule has 0 spiro atoms. The summed E-state index contributed by atoms with van der Waals surface area (Å²) in [5.74, 6) is -0.437. The van der Waals surface area contributed by atoms with Crippen LogP contribution in [0.2, 0.25) is 0 Å². The van der Waals surface area contributed by atoms with Gasteiger partial charge in [-0.15, -0.1) is 0 Å². The molecular weight excluding hydrogens is 350 g/mol. The summed E-state index contributed by atoms with van der Waals surface area (Å²) >= 11 is 0. The van der Waals surface area contributed by atoms with Crippen LogP contribution in [0.4, 0.5) is 14.6 Å². The smallest absolute Gasteiger partial charge is 0.150 e. The Balaban J connectivity index is 1.87. The molecule has 3 N–H and O–H groups in total. The fraction of sp³-hybridized carbons (Fsp3) is 0. The van der Waals surface area contributed by atoms with Gasteiger partial charge in [0.2, 0.25) is 0 Å². The van der Waals surface area contributed by atoms with Crippen molar-refractivity contribution in [1.29, 1.82) is 0 Å². The van der Waals surface area contributed by atoms with Gasteiger partial charge in [-0.05, 0) is 60.7 Å². The molecule has 0 bridgehead atoms. The molecule has 0 aliphatic rings. The number of aromatic nitrogens is 2. The van der Waals surface area contributed by atoms with Gasteiger partial charge in [-0.1, -0.05) is 5.16 Å². The molecule has 4 rings (SSSR count). The van der Waals surface area contributed by atoms with E-state index in [1.54, 1.807) is 34.9 Å². The lowest BCUT2D eigenvalue weighted by Crippen LogP contribution is -2.05. The Morgan fingerprint density at radius 3 is 2.11 bits per heavy atom. The summed E-state index contributed by atoms with van der Waals surface area (Å²) in [6.07, 6.45) is 1.72. The average Bonchev–Trinajstić information content (AvgIpc) is 3.00. The van der Waals surface area contributed by atoms with Crippen LogP contribution in [0.25, 0.3) is 16.9 Å². The van der Waals surface area contributed by atoms with Gasteiger partial charge in [-0.25, -0.2) is 13.8 Å². The predicted molar refractivity (Wildman–Crippen MR) is 98.8 cm³/mol. The Morgan fingerprint density at radius 1 is 0.889 bits per heavy atom. The number of imidazole rings is 1. The Kier molecular flexibility index (Phi) is 4.04. The summed E-state index contributed by atoms with van der Waals surface area (Å²) in [5.41, 5.74) is 9.35. The molecule has 0 radical (unpaired) electrons. The molecule has 0 saturated heterocycles. The first-order valence-electron chi connectivity index (χ1n) is 8.08.